The molecule has 0 bridgehead atoms. The number of amides is 1. The second-order valence-corrected chi connectivity index (χ2v) is 8.44. The normalized spacial score (nSPS) is 14.7. The average Bonchev–Trinajstić information content (AvgIpc) is 2.91. The van der Waals surface area contributed by atoms with E-state index in [9.17, 15) is 4.79 Å². The van der Waals surface area contributed by atoms with E-state index in [4.69, 9.17) is 18.9 Å². The second-order valence-electron chi connectivity index (χ2n) is 8.44. The molecule has 0 saturated carbocycles. The van der Waals surface area contributed by atoms with Crippen LogP contribution in [0.2, 0.25) is 0 Å². The van der Waals surface area contributed by atoms with Crippen molar-refractivity contribution < 1.29 is 23.7 Å². The van der Waals surface area contributed by atoms with E-state index >= 15 is 0 Å². The number of hydrogen-bond donors (Lipinski definition) is 0. The maximum absolute atomic E-state index is 13.6. The SMILES string of the molecule is CCOc1ccc(C(=O)N2CCc3cc(OC)c(OC)cc3C2COc2ccc(CC)cc2)cc1. The molecule has 6 heteroatoms. The summed E-state index contributed by atoms with van der Waals surface area (Å²) in [4.78, 5) is 15.5. The van der Waals surface area contributed by atoms with Crippen molar-refractivity contribution in [3.8, 4) is 23.0 Å². The van der Waals surface area contributed by atoms with Gasteiger partial charge in [-0.1, -0.05) is 19.1 Å². The van der Waals surface area contributed by atoms with Crippen molar-refractivity contribution in [2.45, 2.75) is 32.7 Å². The first kappa shape index (κ1) is 24.5. The minimum atomic E-state index is -0.275. The lowest BCUT2D eigenvalue weighted by Gasteiger charge is -2.37. The van der Waals surface area contributed by atoms with Gasteiger partial charge in [-0.15, -0.1) is 0 Å². The fraction of sp³-hybridized carbons (Fsp3) is 0.345. The van der Waals surface area contributed by atoms with Gasteiger partial charge in [0, 0.05) is 12.1 Å². The minimum absolute atomic E-state index is 0.0385. The number of ether oxygens (including phenoxy) is 4. The molecule has 1 aliphatic heterocycles. The van der Waals surface area contributed by atoms with Crippen LogP contribution in [0, 0.1) is 0 Å². The number of fused-ring (bicyclic) bond motifs is 1. The van der Waals surface area contributed by atoms with Crippen molar-refractivity contribution in [2.75, 3.05) is 34.0 Å². The number of nitrogens with zero attached hydrogens (tertiary/aromatic N) is 1. The predicted octanol–water partition coefficient (Wildman–Crippen LogP) is 5.48. The van der Waals surface area contributed by atoms with Crippen LogP contribution in [0.1, 0.15) is 46.9 Å². The standard InChI is InChI=1S/C29H33NO5/c1-5-20-7-11-24(12-8-20)35-19-26-25-18-28(33-4)27(32-3)17-22(25)15-16-30(26)29(31)21-9-13-23(14-10-21)34-6-2/h7-14,17-18,26H,5-6,15-16,19H2,1-4H3. The number of methoxy groups -OCH3 is 2. The number of rotatable bonds is 9. The molecule has 1 atom stereocenters. The van der Waals surface area contributed by atoms with Gasteiger partial charge in [-0.25, -0.2) is 0 Å². The van der Waals surface area contributed by atoms with Gasteiger partial charge in [-0.05, 0) is 85.0 Å². The lowest BCUT2D eigenvalue weighted by Crippen LogP contribution is -2.42. The molecule has 1 amide bonds. The van der Waals surface area contributed by atoms with E-state index in [1.807, 2.05) is 60.4 Å². The molecule has 0 fully saturated rings. The van der Waals surface area contributed by atoms with Gasteiger partial charge in [0.05, 0.1) is 26.9 Å². The maximum atomic E-state index is 13.6. The molecule has 1 aliphatic rings. The first-order chi connectivity index (χ1) is 17.1. The van der Waals surface area contributed by atoms with Gasteiger partial charge in [-0.3, -0.25) is 4.79 Å². The zero-order chi connectivity index (χ0) is 24.8. The van der Waals surface area contributed by atoms with E-state index in [1.165, 1.54) is 5.56 Å². The number of aryl methyl sites for hydroxylation is 1. The fourth-order valence-electron chi connectivity index (χ4n) is 4.47. The Labute approximate surface area is 207 Å². The molecule has 0 N–H and O–H groups in total. The molecule has 4 rings (SSSR count). The Bertz CT molecular complexity index is 1140. The first-order valence-corrected chi connectivity index (χ1v) is 12.1. The topological polar surface area (TPSA) is 57.2 Å². The molecular formula is C29H33NO5. The molecule has 35 heavy (non-hydrogen) atoms. The van der Waals surface area contributed by atoms with Gasteiger partial charge >= 0.3 is 0 Å². The zero-order valence-electron chi connectivity index (χ0n) is 20.9. The summed E-state index contributed by atoms with van der Waals surface area (Å²) in [5.74, 6) is 2.82. The van der Waals surface area contributed by atoms with Gasteiger partial charge in [0.25, 0.3) is 5.91 Å². The zero-order valence-corrected chi connectivity index (χ0v) is 20.9. The Kier molecular flexibility index (Phi) is 7.80. The average molecular weight is 476 g/mol. The molecule has 0 spiro atoms. The number of benzene rings is 3. The largest absolute Gasteiger partial charge is 0.494 e. The molecule has 3 aromatic rings. The highest BCUT2D eigenvalue weighted by molar-refractivity contribution is 5.95. The van der Waals surface area contributed by atoms with E-state index in [0.717, 1.165) is 35.5 Å². The lowest BCUT2D eigenvalue weighted by molar-refractivity contribution is 0.0589. The van der Waals surface area contributed by atoms with Gasteiger partial charge in [0.1, 0.15) is 18.1 Å². The summed E-state index contributed by atoms with van der Waals surface area (Å²) in [6.07, 6.45) is 1.70. The number of carbonyl (C=O) groups is 1. The Morgan fingerprint density at radius 3 is 2.14 bits per heavy atom. The molecule has 0 aromatic heterocycles. The molecule has 3 aromatic carbocycles. The summed E-state index contributed by atoms with van der Waals surface area (Å²) in [6, 6.07) is 19.1. The van der Waals surface area contributed by atoms with Crippen LogP contribution in [-0.2, 0) is 12.8 Å². The van der Waals surface area contributed by atoms with Crippen molar-refractivity contribution in [1.82, 2.24) is 4.90 Å². The van der Waals surface area contributed by atoms with Crippen LogP contribution in [0.5, 0.6) is 23.0 Å². The maximum Gasteiger partial charge on any atom is 0.254 e. The van der Waals surface area contributed by atoms with E-state index in [2.05, 4.69) is 19.1 Å². The minimum Gasteiger partial charge on any atom is -0.494 e. The first-order valence-electron chi connectivity index (χ1n) is 12.1. The predicted molar refractivity (Wildman–Crippen MR) is 136 cm³/mol. The Morgan fingerprint density at radius 2 is 1.51 bits per heavy atom. The molecule has 0 saturated heterocycles. The second kappa shape index (κ2) is 11.2. The summed E-state index contributed by atoms with van der Waals surface area (Å²) in [6.45, 7) is 5.56. The van der Waals surface area contributed by atoms with E-state index in [-0.39, 0.29) is 11.9 Å². The molecular weight excluding hydrogens is 442 g/mol. The molecule has 0 aliphatic carbocycles. The van der Waals surface area contributed by atoms with Crippen LogP contribution < -0.4 is 18.9 Å². The summed E-state index contributed by atoms with van der Waals surface area (Å²) < 4.78 is 22.8. The fourth-order valence-corrected chi connectivity index (χ4v) is 4.47. The van der Waals surface area contributed by atoms with Gasteiger partial charge < -0.3 is 23.8 Å². The van der Waals surface area contributed by atoms with Gasteiger partial charge in [0.2, 0.25) is 0 Å². The Hall–Kier alpha value is -3.67. The number of carbonyl (C=O) groups excluding carboxylic acids is 1. The third kappa shape index (κ3) is 5.37. The van der Waals surface area contributed by atoms with Crippen LogP contribution in [0.15, 0.2) is 60.7 Å². The Morgan fingerprint density at radius 1 is 0.886 bits per heavy atom. The molecule has 0 radical (unpaired) electrons. The van der Waals surface area contributed by atoms with E-state index < -0.39 is 0 Å². The molecule has 6 nitrogen and oxygen atoms in total. The summed E-state index contributed by atoms with van der Waals surface area (Å²) in [5, 5.41) is 0. The van der Waals surface area contributed by atoms with Crippen molar-refractivity contribution in [3.63, 3.8) is 0 Å². The third-order valence-electron chi connectivity index (χ3n) is 6.42. The van der Waals surface area contributed by atoms with E-state index in [0.29, 0.717) is 36.8 Å². The molecule has 1 heterocycles. The van der Waals surface area contributed by atoms with Crippen molar-refractivity contribution >= 4 is 5.91 Å². The summed E-state index contributed by atoms with van der Waals surface area (Å²) in [7, 11) is 3.26. The monoisotopic (exact) mass is 475 g/mol. The van der Waals surface area contributed by atoms with Crippen LogP contribution >= 0.6 is 0 Å². The highest BCUT2D eigenvalue weighted by atomic mass is 16.5. The van der Waals surface area contributed by atoms with Gasteiger partial charge in [0.15, 0.2) is 11.5 Å². The highest BCUT2D eigenvalue weighted by Crippen LogP contribution is 2.39. The van der Waals surface area contributed by atoms with Crippen LogP contribution in [0.3, 0.4) is 0 Å². The van der Waals surface area contributed by atoms with Gasteiger partial charge in [-0.2, -0.15) is 0 Å². The van der Waals surface area contributed by atoms with Crippen LogP contribution in [-0.4, -0.2) is 44.8 Å². The van der Waals surface area contributed by atoms with Crippen molar-refractivity contribution in [2.24, 2.45) is 0 Å². The van der Waals surface area contributed by atoms with E-state index in [1.54, 1.807) is 14.2 Å². The quantitative estimate of drug-likeness (QED) is 0.410. The lowest BCUT2D eigenvalue weighted by atomic mass is 9.91. The third-order valence-corrected chi connectivity index (χ3v) is 6.42. The molecule has 184 valence electrons. The van der Waals surface area contributed by atoms with Crippen LogP contribution in [0.25, 0.3) is 0 Å². The number of hydrogen-bond acceptors (Lipinski definition) is 5. The summed E-state index contributed by atoms with van der Waals surface area (Å²) >= 11 is 0. The molecule has 1 unspecified atom stereocenters. The van der Waals surface area contributed by atoms with Crippen molar-refractivity contribution in [3.05, 3.63) is 82.9 Å². The Balaban J connectivity index is 1.65. The van der Waals surface area contributed by atoms with Crippen LogP contribution in [0.4, 0.5) is 0 Å². The smallest absolute Gasteiger partial charge is 0.254 e. The van der Waals surface area contributed by atoms with Crippen molar-refractivity contribution in [1.29, 1.82) is 0 Å². The summed E-state index contributed by atoms with van der Waals surface area (Å²) in [5.41, 5.74) is 4.02. The highest BCUT2D eigenvalue weighted by Gasteiger charge is 2.33.